The van der Waals surface area contributed by atoms with E-state index in [0.717, 1.165) is 37.1 Å². The lowest BCUT2D eigenvalue weighted by atomic mass is 10.0. The summed E-state index contributed by atoms with van der Waals surface area (Å²) in [6.07, 6.45) is 9.99. The van der Waals surface area contributed by atoms with E-state index in [9.17, 15) is 18.8 Å². The van der Waals surface area contributed by atoms with Crippen LogP contribution in [-0.4, -0.2) is 57.5 Å². The second-order valence-electron chi connectivity index (χ2n) is 10.6. The number of halogens is 1. The van der Waals surface area contributed by atoms with Crippen LogP contribution in [0.5, 0.6) is 5.75 Å². The zero-order chi connectivity index (χ0) is 28.6. The second-order valence-corrected chi connectivity index (χ2v) is 10.6. The quantitative estimate of drug-likeness (QED) is 0.305. The minimum Gasteiger partial charge on any atom is -0.481 e. The van der Waals surface area contributed by atoms with Crippen molar-refractivity contribution in [3.63, 3.8) is 0 Å². The van der Waals surface area contributed by atoms with Crippen molar-refractivity contribution in [1.82, 2.24) is 19.9 Å². The highest BCUT2D eigenvalue weighted by Crippen LogP contribution is 2.33. The van der Waals surface area contributed by atoms with Gasteiger partial charge in [0, 0.05) is 44.4 Å². The third kappa shape index (κ3) is 7.77. The number of ether oxygens (including phenoxy) is 1. The number of aryl methyl sites for hydroxylation is 1. The first-order valence-electron chi connectivity index (χ1n) is 13.6. The van der Waals surface area contributed by atoms with Crippen molar-refractivity contribution in [3.8, 4) is 5.75 Å². The molecular weight excluding hydrogens is 511 g/mol. The molecule has 3 aromatic rings. The standard InChI is InChI=1S/C31H35FN4O4/c1-20(37)28(40-26-13-14-27(33-19-26)30(38)23-9-11-25(32)12-10-23)6-4-5-22-17-34-29(35-18-22)16-21-7-8-24(15-21)31(39)36(2)3/h9-14,17-19,21,24,28H,4-8,15-16H2,1-3H3/t21?,24?,28-/m1/s1. The van der Waals surface area contributed by atoms with Gasteiger partial charge in [-0.05, 0) is 93.3 Å². The molecule has 1 aliphatic carbocycles. The van der Waals surface area contributed by atoms with Crippen molar-refractivity contribution >= 4 is 17.5 Å². The van der Waals surface area contributed by atoms with Crippen molar-refractivity contribution < 1.29 is 23.5 Å². The Hall–Kier alpha value is -4.01. The van der Waals surface area contributed by atoms with Crippen LogP contribution in [0.1, 0.15) is 66.5 Å². The highest BCUT2D eigenvalue weighted by molar-refractivity contribution is 6.07. The fraction of sp³-hybridized carbons (Fsp3) is 0.419. The van der Waals surface area contributed by atoms with E-state index in [2.05, 4.69) is 15.0 Å². The van der Waals surface area contributed by atoms with E-state index < -0.39 is 11.9 Å². The molecule has 0 N–H and O–H groups in total. The Morgan fingerprint density at radius 1 is 1.00 bits per heavy atom. The number of rotatable bonds is 12. The predicted molar refractivity (Wildman–Crippen MR) is 147 cm³/mol. The van der Waals surface area contributed by atoms with Gasteiger partial charge < -0.3 is 9.64 Å². The van der Waals surface area contributed by atoms with Gasteiger partial charge in [-0.2, -0.15) is 0 Å². The van der Waals surface area contributed by atoms with E-state index in [1.165, 1.54) is 43.5 Å². The van der Waals surface area contributed by atoms with E-state index in [4.69, 9.17) is 4.74 Å². The summed E-state index contributed by atoms with van der Waals surface area (Å²) in [6.45, 7) is 1.49. The molecule has 1 aliphatic rings. The minimum atomic E-state index is -0.638. The maximum absolute atomic E-state index is 13.1. The molecule has 0 radical (unpaired) electrons. The fourth-order valence-electron chi connectivity index (χ4n) is 5.06. The molecule has 0 bridgehead atoms. The Kier molecular flexibility index (Phi) is 9.69. The number of carbonyl (C=O) groups is 3. The monoisotopic (exact) mass is 546 g/mol. The number of Topliss-reactive ketones (excluding diaryl/α,β-unsaturated/α-hetero) is 1. The fourth-order valence-corrected chi connectivity index (χ4v) is 5.06. The lowest BCUT2D eigenvalue weighted by molar-refractivity contribution is -0.132. The first-order valence-corrected chi connectivity index (χ1v) is 13.6. The van der Waals surface area contributed by atoms with Gasteiger partial charge in [0.15, 0.2) is 11.9 Å². The molecule has 9 heteroatoms. The van der Waals surface area contributed by atoms with Gasteiger partial charge in [-0.15, -0.1) is 0 Å². The number of carbonyl (C=O) groups excluding carboxylic acids is 3. The van der Waals surface area contributed by atoms with Gasteiger partial charge in [0.1, 0.15) is 23.1 Å². The molecule has 0 aliphatic heterocycles. The van der Waals surface area contributed by atoms with E-state index in [0.29, 0.717) is 36.5 Å². The zero-order valence-corrected chi connectivity index (χ0v) is 23.2. The molecule has 0 saturated heterocycles. The molecule has 1 aromatic carbocycles. The summed E-state index contributed by atoms with van der Waals surface area (Å²) in [7, 11) is 3.61. The summed E-state index contributed by atoms with van der Waals surface area (Å²) in [5, 5.41) is 0. The van der Waals surface area contributed by atoms with Crippen LogP contribution in [0.3, 0.4) is 0 Å². The minimum absolute atomic E-state index is 0.0966. The summed E-state index contributed by atoms with van der Waals surface area (Å²) in [5.41, 5.74) is 1.53. The highest BCUT2D eigenvalue weighted by Gasteiger charge is 2.31. The average molecular weight is 547 g/mol. The maximum atomic E-state index is 13.1. The third-order valence-electron chi connectivity index (χ3n) is 7.30. The molecule has 2 aromatic heterocycles. The topological polar surface area (TPSA) is 102 Å². The molecule has 2 heterocycles. The van der Waals surface area contributed by atoms with Gasteiger partial charge in [0.05, 0.1) is 6.20 Å². The SMILES string of the molecule is CC(=O)[C@@H](CCCc1cnc(CC2CCC(C(=O)N(C)C)C2)nc1)Oc1ccc(C(=O)c2ccc(F)cc2)nc1. The Labute approximate surface area is 234 Å². The van der Waals surface area contributed by atoms with Crippen molar-refractivity contribution in [1.29, 1.82) is 0 Å². The summed E-state index contributed by atoms with van der Waals surface area (Å²) in [5.74, 6) is 1.09. The van der Waals surface area contributed by atoms with Crippen LogP contribution < -0.4 is 4.74 Å². The molecule has 2 unspecified atom stereocenters. The smallest absolute Gasteiger partial charge is 0.225 e. The Bertz CT molecular complexity index is 1310. The number of hydrogen-bond donors (Lipinski definition) is 0. The molecular formula is C31H35FN4O4. The predicted octanol–water partition coefficient (Wildman–Crippen LogP) is 4.65. The van der Waals surface area contributed by atoms with Gasteiger partial charge >= 0.3 is 0 Å². The number of nitrogens with zero attached hydrogens (tertiary/aromatic N) is 4. The van der Waals surface area contributed by atoms with Crippen LogP contribution in [0.4, 0.5) is 4.39 Å². The summed E-state index contributed by atoms with van der Waals surface area (Å²) < 4.78 is 19.0. The van der Waals surface area contributed by atoms with Crippen LogP contribution in [0.2, 0.25) is 0 Å². The number of amides is 1. The van der Waals surface area contributed by atoms with Gasteiger partial charge in [-0.1, -0.05) is 0 Å². The summed E-state index contributed by atoms with van der Waals surface area (Å²) in [4.78, 5) is 51.9. The van der Waals surface area contributed by atoms with Crippen molar-refractivity contribution in [2.24, 2.45) is 11.8 Å². The maximum Gasteiger partial charge on any atom is 0.225 e. The molecule has 4 rings (SSSR count). The van der Waals surface area contributed by atoms with E-state index in [1.807, 2.05) is 12.4 Å². The van der Waals surface area contributed by atoms with E-state index in [1.54, 1.807) is 25.1 Å². The highest BCUT2D eigenvalue weighted by atomic mass is 19.1. The van der Waals surface area contributed by atoms with Gasteiger partial charge in [-0.3, -0.25) is 14.4 Å². The molecule has 0 spiro atoms. The number of pyridine rings is 1. The normalized spacial score (nSPS) is 17.3. The first kappa shape index (κ1) is 29.0. The first-order chi connectivity index (χ1) is 19.2. The van der Waals surface area contributed by atoms with Crippen LogP contribution in [-0.2, 0) is 22.4 Å². The molecule has 1 amide bonds. The van der Waals surface area contributed by atoms with Gasteiger partial charge in [0.25, 0.3) is 0 Å². The lowest BCUT2D eigenvalue weighted by Gasteiger charge is -2.16. The van der Waals surface area contributed by atoms with Crippen LogP contribution >= 0.6 is 0 Å². The molecule has 210 valence electrons. The summed E-state index contributed by atoms with van der Waals surface area (Å²) in [6, 6.07) is 8.41. The largest absolute Gasteiger partial charge is 0.481 e. The van der Waals surface area contributed by atoms with Crippen molar-refractivity contribution in [2.75, 3.05) is 14.1 Å². The van der Waals surface area contributed by atoms with Crippen LogP contribution in [0.25, 0.3) is 0 Å². The van der Waals surface area contributed by atoms with Crippen LogP contribution in [0, 0.1) is 17.7 Å². The third-order valence-corrected chi connectivity index (χ3v) is 7.30. The molecule has 3 atom stereocenters. The van der Waals surface area contributed by atoms with Gasteiger partial charge in [-0.25, -0.2) is 19.3 Å². The number of benzene rings is 1. The van der Waals surface area contributed by atoms with Gasteiger partial charge in [0.2, 0.25) is 11.7 Å². The Morgan fingerprint density at radius 2 is 1.73 bits per heavy atom. The number of aromatic nitrogens is 3. The van der Waals surface area contributed by atoms with E-state index in [-0.39, 0.29) is 29.1 Å². The molecule has 1 fully saturated rings. The van der Waals surface area contributed by atoms with Crippen molar-refractivity contribution in [3.05, 3.63) is 83.5 Å². The lowest BCUT2D eigenvalue weighted by Crippen LogP contribution is -2.28. The Balaban J connectivity index is 1.24. The molecule has 8 nitrogen and oxygen atoms in total. The van der Waals surface area contributed by atoms with E-state index >= 15 is 0 Å². The average Bonchev–Trinajstić information content (AvgIpc) is 3.41. The van der Waals surface area contributed by atoms with Crippen molar-refractivity contribution in [2.45, 2.75) is 58.0 Å². The molecule has 40 heavy (non-hydrogen) atoms. The summed E-state index contributed by atoms with van der Waals surface area (Å²) >= 11 is 0. The number of ketones is 2. The molecule has 1 saturated carbocycles. The number of hydrogen-bond acceptors (Lipinski definition) is 7. The van der Waals surface area contributed by atoms with Crippen LogP contribution in [0.15, 0.2) is 55.0 Å². The Morgan fingerprint density at radius 3 is 2.35 bits per heavy atom. The second kappa shape index (κ2) is 13.4. The zero-order valence-electron chi connectivity index (χ0n) is 23.2.